The molecule has 0 bridgehead atoms. The predicted molar refractivity (Wildman–Crippen MR) is 155 cm³/mol. The molecule has 0 spiro atoms. The molecule has 0 saturated heterocycles. The molecule has 2 amide bonds. The van der Waals surface area contributed by atoms with Gasteiger partial charge in [-0.25, -0.2) is 14.2 Å². The number of benzene rings is 3. The van der Waals surface area contributed by atoms with Crippen molar-refractivity contribution in [3.05, 3.63) is 105 Å². The van der Waals surface area contributed by atoms with Crippen molar-refractivity contribution in [2.24, 2.45) is 0 Å². The van der Waals surface area contributed by atoms with E-state index in [1.807, 2.05) is 0 Å². The van der Waals surface area contributed by atoms with Crippen LogP contribution in [-0.4, -0.2) is 48.8 Å². The van der Waals surface area contributed by atoms with Crippen molar-refractivity contribution in [2.75, 3.05) is 5.32 Å². The summed E-state index contributed by atoms with van der Waals surface area (Å²) in [6.07, 6.45) is 0.0543. The van der Waals surface area contributed by atoms with E-state index in [1.54, 1.807) is 42.5 Å². The van der Waals surface area contributed by atoms with Crippen molar-refractivity contribution < 1.29 is 29.1 Å². The zero-order valence-corrected chi connectivity index (χ0v) is 23.3. The van der Waals surface area contributed by atoms with Gasteiger partial charge in [-0.1, -0.05) is 41.4 Å². The van der Waals surface area contributed by atoms with E-state index in [0.717, 1.165) is 0 Å². The molecule has 42 heavy (non-hydrogen) atoms. The summed E-state index contributed by atoms with van der Waals surface area (Å²) >= 11 is 11.9. The number of hydrogen-bond acceptors (Lipinski definition) is 5. The number of hydrogen-bond donors (Lipinski definition) is 5. The summed E-state index contributed by atoms with van der Waals surface area (Å²) in [5.41, 5.74) is 1.28. The van der Waals surface area contributed by atoms with E-state index in [1.165, 1.54) is 31.2 Å². The van der Waals surface area contributed by atoms with Crippen molar-refractivity contribution in [3.63, 3.8) is 0 Å². The largest absolute Gasteiger partial charge is 0.477 e. The van der Waals surface area contributed by atoms with Crippen LogP contribution in [0.25, 0.3) is 22.3 Å². The van der Waals surface area contributed by atoms with Gasteiger partial charge >= 0.3 is 5.97 Å². The van der Waals surface area contributed by atoms with Crippen molar-refractivity contribution in [1.29, 1.82) is 0 Å². The zero-order valence-electron chi connectivity index (χ0n) is 21.8. The summed E-state index contributed by atoms with van der Waals surface area (Å²) in [5.74, 6) is -3.60. The molecule has 0 fully saturated rings. The van der Waals surface area contributed by atoms with Gasteiger partial charge in [0.2, 0.25) is 5.91 Å². The van der Waals surface area contributed by atoms with E-state index in [0.29, 0.717) is 31.9 Å². The van der Waals surface area contributed by atoms with Crippen LogP contribution in [0.4, 0.5) is 10.1 Å². The van der Waals surface area contributed by atoms with Crippen LogP contribution in [0.2, 0.25) is 10.0 Å². The number of H-pyrrole nitrogens is 1. The third-order valence-electron chi connectivity index (χ3n) is 6.53. The molecule has 5 aromatic rings. The molecule has 0 aliphatic carbocycles. The van der Waals surface area contributed by atoms with Crippen molar-refractivity contribution in [2.45, 2.75) is 19.4 Å². The fourth-order valence-electron chi connectivity index (χ4n) is 4.48. The number of carbonyl (C=O) groups excluding carboxylic acids is 2. The van der Waals surface area contributed by atoms with Gasteiger partial charge in [0.25, 0.3) is 5.91 Å². The highest BCUT2D eigenvalue weighted by Gasteiger charge is 2.28. The van der Waals surface area contributed by atoms with Crippen molar-refractivity contribution >= 4 is 57.6 Å². The molecule has 0 saturated carbocycles. The van der Waals surface area contributed by atoms with Gasteiger partial charge in [0.1, 0.15) is 11.7 Å². The number of anilines is 1. The van der Waals surface area contributed by atoms with Crippen molar-refractivity contribution in [1.82, 2.24) is 20.0 Å². The Kier molecular flexibility index (Phi) is 7.88. The average Bonchev–Trinajstić information content (AvgIpc) is 3.51. The van der Waals surface area contributed by atoms with Crippen LogP contribution >= 0.6 is 23.2 Å². The average molecular weight is 610 g/mol. The second-order valence-electron chi connectivity index (χ2n) is 9.42. The van der Waals surface area contributed by atoms with Crippen LogP contribution in [0.15, 0.2) is 66.7 Å². The van der Waals surface area contributed by atoms with Gasteiger partial charge in [0, 0.05) is 28.0 Å². The van der Waals surface area contributed by atoms with E-state index < -0.39 is 29.6 Å². The number of aromatic nitrogens is 3. The summed E-state index contributed by atoms with van der Waals surface area (Å²) in [7, 11) is 0. The minimum absolute atomic E-state index is 0.00522. The Balaban J connectivity index is 1.43. The SMILES string of the molecule is Cc1nc(-c2cccc(Cl)c2F)n(O)c1C(=O)N[C@@H](Cc1ccc(Cl)cc1)C(=O)Nc1ccc2[nH]c(C(=O)O)cc2c1. The Hall–Kier alpha value is -4.87. The second-order valence-corrected chi connectivity index (χ2v) is 10.3. The normalized spacial score (nSPS) is 11.8. The number of nitrogens with one attached hydrogen (secondary N) is 3. The number of rotatable bonds is 8. The third kappa shape index (κ3) is 5.78. The fourth-order valence-corrected chi connectivity index (χ4v) is 4.78. The van der Waals surface area contributed by atoms with Crippen LogP contribution < -0.4 is 10.6 Å². The molecule has 5 N–H and O–H groups in total. The van der Waals surface area contributed by atoms with Gasteiger partial charge in [0.05, 0.1) is 16.3 Å². The van der Waals surface area contributed by atoms with Crippen molar-refractivity contribution in [3.8, 4) is 11.4 Å². The number of aromatic carboxylic acids is 1. The number of aryl methyl sites for hydroxylation is 1. The lowest BCUT2D eigenvalue weighted by Gasteiger charge is -2.19. The number of fused-ring (bicyclic) bond motifs is 1. The van der Waals surface area contributed by atoms with E-state index in [9.17, 15) is 29.1 Å². The summed E-state index contributed by atoms with van der Waals surface area (Å²) in [6.45, 7) is 1.46. The maximum atomic E-state index is 14.7. The molecule has 13 heteroatoms. The standard InChI is InChI=1S/C29H22Cl2FN5O5/c1-14-25(37(42)26(33-14)19-3-2-4-20(31)24(19)32)28(39)36-22(11-15-5-7-17(30)8-6-15)27(38)34-18-9-10-21-16(12-18)13-23(35-21)29(40)41/h2-10,12-13,22,35,42H,11H2,1H3,(H,34,38)(H,36,39)(H,40,41)/t22-/m0/s1. The van der Waals surface area contributed by atoms with Gasteiger partial charge in [0.15, 0.2) is 17.3 Å². The van der Waals surface area contributed by atoms with Gasteiger partial charge in [-0.05, 0) is 61.0 Å². The highest BCUT2D eigenvalue weighted by atomic mass is 35.5. The molecule has 2 heterocycles. The van der Waals surface area contributed by atoms with Gasteiger partial charge < -0.3 is 25.9 Å². The summed E-state index contributed by atoms with van der Waals surface area (Å²) in [5, 5.41) is 26.3. The van der Waals surface area contributed by atoms with Crippen LogP contribution in [0, 0.1) is 12.7 Å². The number of amides is 2. The first-order chi connectivity index (χ1) is 20.0. The number of aromatic amines is 1. The lowest BCUT2D eigenvalue weighted by Crippen LogP contribution is -2.46. The Morgan fingerprint density at radius 3 is 2.52 bits per heavy atom. The number of carboxylic acid groups (broad SMARTS) is 1. The van der Waals surface area contributed by atoms with Crippen LogP contribution in [0.1, 0.15) is 32.2 Å². The van der Waals surface area contributed by atoms with Crippen LogP contribution in [0.5, 0.6) is 0 Å². The minimum Gasteiger partial charge on any atom is -0.477 e. The third-order valence-corrected chi connectivity index (χ3v) is 7.07. The van der Waals surface area contributed by atoms with E-state index in [2.05, 4.69) is 20.6 Å². The first kappa shape index (κ1) is 28.7. The number of nitrogens with zero attached hydrogens (tertiary/aromatic N) is 2. The first-order valence-corrected chi connectivity index (χ1v) is 13.2. The van der Waals surface area contributed by atoms with E-state index in [4.69, 9.17) is 23.2 Å². The molecule has 1 atom stereocenters. The molecule has 5 rings (SSSR count). The number of carbonyl (C=O) groups is 3. The molecule has 0 radical (unpaired) electrons. The molecule has 0 aliphatic heterocycles. The fraction of sp³-hybridized carbons (Fsp3) is 0.103. The maximum absolute atomic E-state index is 14.7. The molecule has 0 unspecified atom stereocenters. The van der Waals surface area contributed by atoms with Gasteiger partial charge in [-0.3, -0.25) is 9.59 Å². The Labute approximate surface area is 247 Å². The molecule has 0 aliphatic rings. The van der Waals surface area contributed by atoms with Gasteiger partial charge in [-0.15, -0.1) is 0 Å². The molecule has 214 valence electrons. The first-order valence-electron chi connectivity index (χ1n) is 12.5. The Bertz CT molecular complexity index is 1850. The zero-order chi connectivity index (χ0) is 30.1. The lowest BCUT2D eigenvalue weighted by atomic mass is 10.0. The number of imidazole rings is 1. The molecular weight excluding hydrogens is 588 g/mol. The van der Waals surface area contributed by atoms with Crippen LogP contribution in [0.3, 0.4) is 0 Å². The van der Waals surface area contributed by atoms with Gasteiger partial charge in [-0.2, -0.15) is 4.73 Å². The Morgan fingerprint density at radius 1 is 1.07 bits per heavy atom. The summed E-state index contributed by atoms with van der Waals surface area (Å²) < 4.78 is 15.1. The summed E-state index contributed by atoms with van der Waals surface area (Å²) in [4.78, 5) is 45.1. The molecule has 3 aromatic carbocycles. The monoisotopic (exact) mass is 609 g/mol. The number of carboxylic acids is 1. The molecule has 10 nitrogen and oxygen atoms in total. The lowest BCUT2D eigenvalue weighted by molar-refractivity contribution is -0.118. The quantitative estimate of drug-likeness (QED) is 0.142. The van der Waals surface area contributed by atoms with E-state index in [-0.39, 0.29) is 39.9 Å². The second kappa shape index (κ2) is 11.6. The summed E-state index contributed by atoms with van der Waals surface area (Å²) in [6, 6.07) is 16.0. The maximum Gasteiger partial charge on any atom is 0.352 e. The molecule has 2 aromatic heterocycles. The smallest absolute Gasteiger partial charge is 0.352 e. The highest BCUT2D eigenvalue weighted by molar-refractivity contribution is 6.31. The Morgan fingerprint density at radius 2 is 1.81 bits per heavy atom. The highest BCUT2D eigenvalue weighted by Crippen LogP contribution is 2.28. The van der Waals surface area contributed by atoms with E-state index >= 15 is 0 Å². The number of halogens is 3. The minimum atomic E-state index is -1.14. The van der Waals surface area contributed by atoms with Crippen LogP contribution in [-0.2, 0) is 11.2 Å². The predicted octanol–water partition coefficient (Wildman–Crippen LogP) is 5.70. The molecular formula is C29H22Cl2FN5O5. The topological polar surface area (TPSA) is 149 Å².